The standard InChI is InChI=1S/C13H15NO3/c15-8-13-6-10(13)7-14(12(16)17)11(13)9-4-2-1-3-5-9/h1-5,10-11,15H,6-8H2,(H,16,17). The summed E-state index contributed by atoms with van der Waals surface area (Å²) in [6.45, 7) is 0.621. The number of hydrogen-bond donors (Lipinski definition) is 2. The highest BCUT2D eigenvalue weighted by Gasteiger charge is 2.67. The molecule has 1 heterocycles. The molecule has 3 rings (SSSR count). The molecular formula is C13H15NO3. The van der Waals surface area contributed by atoms with Gasteiger partial charge in [-0.3, -0.25) is 0 Å². The number of likely N-dealkylation sites (tertiary alicyclic amines) is 1. The Bertz CT molecular complexity index is 443. The van der Waals surface area contributed by atoms with Crippen molar-refractivity contribution >= 4 is 6.09 Å². The molecule has 1 saturated carbocycles. The van der Waals surface area contributed by atoms with Crippen molar-refractivity contribution in [1.29, 1.82) is 0 Å². The Kier molecular flexibility index (Phi) is 2.16. The molecule has 17 heavy (non-hydrogen) atoms. The summed E-state index contributed by atoms with van der Waals surface area (Å²) < 4.78 is 0. The van der Waals surface area contributed by atoms with E-state index in [0.29, 0.717) is 12.5 Å². The van der Waals surface area contributed by atoms with Crippen molar-refractivity contribution in [3.05, 3.63) is 35.9 Å². The Morgan fingerprint density at radius 1 is 1.41 bits per heavy atom. The lowest BCUT2D eigenvalue weighted by molar-refractivity contribution is 0.103. The summed E-state index contributed by atoms with van der Waals surface area (Å²) in [5, 5.41) is 18.8. The van der Waals surface area contributed by atoms with Gasteiger partial charge in [0.15, 0.2) is 0 Å². The van der Waals surface area contributed by atoms with Crippen molar-refractivity contribution in [3.63, 3.8) is 0 Å². The van der Waals surface area contributed by atoms with Gasteiger partial charge < -0.3 is 15.1 Å². The average Bonchev–Trinajstić information content (AvgIpc) is 2.96. The molecule has 1 aliphatic heterocycles. The molecule has 0 aromatic heterocycles. The molecule has 4 heteroatoms. The van der Waals surface area contributed by atoms with Gasteiger partial charge in [0.25, 0.3) is 0 Å². The van der Waals surface area contributed by atoms with E-state index in [2.05, 4.69) is 0 Å². The van der Waals surface area contributed by atoms with Crippen LogP contribution in [0.3, 0.4) is 0 Å². The molecule has 1 saturated heterocycles. The van der Waals surface area contributed by atoms with Gasteiger partial charge in [-0.2, -0.15) is 0 Å². The minimum atomic E-state index is -0.890. The molecule has 0 spiro atoms. The monoisotopic (exact) mass is 233 g/mol. The maximum Gasteiger partial charge on any atom is 0.407 e. The van der Waals surface area contributed by atoms with E-state index >= 15 is 0 Å². The second-order valence-corrected chi connectivity index (χ2v) is 5.04. The summed E-state index contributed by atoms with van der Waals surface area (Å²) in [6, 6.07) is 9.44. The molecule has 2 N–H and O–H groups in total. The maximum absolute atomic E-state index is 11.3. The third-order valence-corrected chi connectivity index (χ3v) is 4.21. The summed E-state index contributed by atoms with van der Waals surface area (Å²) >= 11 is 0. The van der Waals surface area contributed by atoms with Gasteiger partial charge >= 0.3 is 6.09 Å². The SMILES string of the molecule is O=C(O)N1CC2CC2(CO)C1c1ccccc1. The number of carboxylic acid groups (broad SMARTS) is 1. The Morgan fingerprint density at radius 2 is 2.12 bits per heavy atom. The van der Waals surface area contributed by atoms with Crippen LogP contribution < -0.4 is 0 Å². The lowest BCUT2D eigenvalue weighted by Crippen LogP contribution is -2.35. The normalized spacial score (nSPS) is 34.5. The minimum absolute atomic E-state index is 0.0704. The van der Waals surface area contributed by atoms with E-state index in [1.165, 1.54) is 4.90 Å². The van der Waals surface area contributed by atoms with Crippen LogP contribution in [-0.4, -0.2) is 34.4 Å². The van der Waals surface area contributed by atoms with Crippen LogP contribution >= 0.6 is 0 Å². The number of fused-ring (bicyclic) bond motifs is 1. The number of nitrogens with zero attached hydrogens (tertiary/aromatic N) is 1. The summed E-state index contributed by atoms with van der Waals surface area (Å²) in [4.78, 5) is 12.7. The van der Waals surface area contributed by atoms with Crippen LogP contribution in [0.1, 0.15) is 18.0 Å². The average molecular weight is 233 g/mol. The first-order chi connectivity index (χ1) is 8.19. The molecular weight excluding hydrogens is 218 g/mol. The van der Waals surface area contributed by atoms with Gasteiger partial charge in [-0.05, 0) is 17.9 Å². The van der Waals surface area contributed by atoms with Gasteiger partial charge in [0.05, 0.1) is 12.6 Å². The highest BCUT2D eigenvalue weighted by atomic mass is 16.4. The molecule has 1 aromatic rings. The fourth-order valence-electron chi connectivity index (χ4n) is 3.25. The number of benzene rings is 1. The zero-order valence-corrected chi connectivity index (χ0v) is 9.41. The van der Waals surface area contributed by atoms with Gasteiger partial charge in [0.2, 0.25) is 0 Å². The Balaban J connectivity index is 2.00. The zero-order chi connectivity index (χ0) is 12.0. The van der Waals surface area contributed by atoms with Crippen molar-refractivity contribution < 1.29 is 15.0 Å². The zero-order valence-electron chi connectivity index (χ0n) is 9.41. The summed E-state index contributed by atoms with van der Waals surface area (Å²) in [7, 11) is 0. The Hall–Kier alpha value is -1.55. The first-order valence-electron chi connectivity index (χ1n) is 5.84. The number of carbonyl (C=O) groups is 1. The number of rotatable bonds is 2. The smallest absolute Gasteiger partial charge is 0.407 e. The highest BCUT2D eigenvalue weighted by molar-refractivity contribution is 5.67. The number of aliphatic hydroxyl groups excluding tert-OH is 1. The lowest BCUT2D eigenvalue weighted by atomic mass is 9.91. The first-order valence-corrected chi connectivity index (χ1v) is 5.84. The summed E-state index contributed by atoms with van der Waals surface area (Å²) in [5.41, 5.74) is 0.767. The molecule has 1 aliphatic carbocycles. The van der Waals surface area contributed by atoms with Gasteiger partial charge in [-0.15, -0.1) is 0 Å². The molecule has 2 fully saturated rings. The highest BCUT2D eigenvalue weighted by Crippen LogP contribution is 2.66. The van der Waals surface area contributed by atoms with Crippen LogP contribution in [0, 0.1) is 11.3 Å². The van der Waals surface area contributed by atoms with Gasteiger partial charge in [-0.25, -0.2) is 4.79 Å². The number of hydrogen-bond acceptors (Lipinski definition) is 2. The largest absolute Gasteiger partial charge is 0.465 e. The maximum atomic E-state index is 11.3. The number of amides is 1. The van der Waals surface area contributed by atoms with Crippen LogP contribution in [0.5, 0.6) is 0 Å². The van der Waals surface area contributed by atoms with E-state index in [1.807, 2.05) is 30.3 Å². The topological polar surface area (TPSA) is 60.8 Å². The summed E-state index contributed by atoms with van der Waals surface area (Å²) in [6.07, 6.45) is 0.0474. The fraction of sp³-hybridized carbons (Fsp3) is 0.462. The lowest BCUT2D eigenvalue weighted by Gasteiger charge is -2.29. The second kappa shape index (κ2) is 3.47. The third-order valence-electron chi connectivity index (χ3n) is 4.21. The molecule has 0 bridgehead atoms. The number of piperidine rings is 1. The van der Waals surface area contributed by atoms with E-state index in [0.717, 1.165) is 12.0 Å². The fourth-order valence-corrected chi connectivity index (χ4v) is 3.25. The number of aliphatic hydroxyl groups is 1. The quantitative estimate of drug-likeness (QED) is 0.817. The van der Waals surface area contributed by atoms with Crippen LogP contribution in [0.25, 0.3) is 0 Å². The molecule has 4 nitrogen and oxygen atoms in total. The van der Waals surface area contributed by atoms with Gasteiger partial charge in [-0.1, -0.05) is 30.3 Å². The van der Waals surface area contributed by atoms with Crippen molar-refractivity contribution in [2.24, 2.45) is 11.3 Å². The van der Waals surface area contributed by atoms with E-state index in [9.17, 15) is 15.0 Å². The molecule has 1 amide bonds. The summed E-state index contributed by atoms with van der Waals surface area (Å²) in [5.74, 6) is 0.328. The van der Waals surface area contributed by atoms with Gasteiger partial charge in [0, 0.05) is 12.0 Å². The Morgan fingerprint density at radius 3 is 2.71 bits per heavy atom. The van der Waals surface area contributed by atoms with Crippen molar-refractivity contribution in [2.45, 2.75) is 12.5 Å². The molecule has 0 radical (unpaired) electrons. The van der Waals surface area contributed by atoms with Crippen LogP contribution in [0.4, 0.5) is 4.79 Å². The van der Waals surface area contributed by atoms with E-state index in [-0.39, 0.29) is 18.1 Å². The molecule has 1 aromatic carbocycles. The molecule has 3 atom stereocenters. The Labute approximate surface area is 99.5 Å². The van der Waals surface area contributed by atoms with E-state index in [1.54, 1.807) is 0 Å². The predicted octanol–water partition coefficient (Wildman–Crippen LogP) is 1.72. The third kappa shape index (κ3) is 1.37. The van der Waals surface area contributed by atoms with E-state index in [4.69, 9.17) is 0 Å². The van der Waals surface area contributed by atoms with Crippen LogP contribution in [0.15, 0.2) is 30.3 Å². The molecule has 3 unspecified atom stereocenters. The van der Waals surface area contributed by atoms with Crippen LogP contribution in [0.2, 0.25) is 0 Å². The van der Waals surface area contributed by atoms with Crippen molar-refractivity contribution in [1.82, 2.24) is 4.90 Å². The predicted molar refractivity (Wildman–Crippen MR) is 61.5 cm³/mol. The van der Waals surface area contributed by atoms with Gasteiger partial charge in [0.1, 0.15) is 0 Å². The molecule has 2 aliphatic rings. The van der Waals surface area contributed by atoms with E-state index < -0.39 is 6.09 Å². The molecule has 90 valence electrons. The first kappa shape index (κ1) is 10.6. The second-order valence-electron chi connectivity index (χ2n) is 5.04. The van der Waals surface area contributed by atoms with Crippen molar-refractivity contribution in [3.8, 4) is 0 Å². The van der Waals surface area contributed by atoms with Crippen LogP contribution in [-0.2, 0) is 0 Å². The van der Waals surface area contributed by atoms with Crippen molar-refractivity contribution in [2.75, 3.05) is 13.2 Å². The minimum Gasteiger partial charge on any atom is -0.465 e.